The number of hydrogen-bond donors (Lipinski definition) is 1. The third-order valence-corrected chi connectivity index (χ3v) is 3.75. The molecule has 1 aromatic carbocycles. The highest BCUT2D eigenvalue weighted by molar-refractivity contribution is 5.62. The second-order valence-corrected chi connectivity index (χ2v) is 5.33. The van der Waals surface area contributed by atoms with Gasteiger partial charge in [0.05, 0.1) is 11.3 Å². The van der Waals surface area contributed by atoms with Crippen LogP contribution < -0.4 is 5.73 Å². The number of halogens is 3. The van der Waals surface area contributed by atoms with Crippen LogP contribution >= 0.6 is 0 Å². The molecule has 0 unspecified atom stereocenters. The quantitative estimate of drug-likeness (QED) is 0.786. The molecule has 2 heterocycles. The van der Waals surface area contributed by atoms with E-state index in [1.54, 1.807) is 29.1 Å². The molecular weight excluding hydrogens is 317 g/mol. The lowest BCUT2D eigenvalue weighted by Gasteiger charge is -2.13. The van der Waals surface area contributed by atoms with Crippen LogP contribution in [0, 0.1) is 0 Å². The van der Waals surface area contributed by atoms with Gasteiger partial charge in [-0.1, -0.05) is 13.0 Å². The molecule has 0 atom stereocenters. The number of rotatable bonds is 3. The van der Waals surface area contributed by atoms with Crippen LogP contribution in [0.4, 0.5) is 19.0 Å². The van der Waals surface area contributed by atoms with Gasteiger partial charge in [0.15, 0.2) is 0 Å². The number of aromatic nitrogens is 3. The first-order valence-corrected chi connectivity index (χ1v) is 7.35. The van der Waals surface area contributed by atoms with E-state index in [1.807, 2.05) is 6.92 Å². The molecule has 0 aliphatic carbocycles. The Bertz CT molecular complexity index is 868. The minimum absolute atomic E-state index is 0.334. The van der Waals surface area contributed by atoms with Gasteiger partial charge in [-0.25, -0.2) is 9.97 Å². The SMILES string of the molecule is CCc1ccc(C(F)(F)F)cc1-n1ccc(-c2cc(N)ncn2)c1. The Labute approximate surface area is 136 Å². The zero-order valence-electron chi connectivity index (χ0n) is 12.9. The predicted molar refractivity (Wildman–Crippen MR) is 85.6 cm³/mol. The number of benzene rings is 1. The van der Waals surface area contributed by atoms with Gasteiger partial charge in [0.2, 0.25) is 0 Å². The van der Waals surface area contributed by atoms with Crippen LogP contribution in [0.25, 0.3) is 16.9 Å². The van der Waals surface area contributed by atoms with Crippen molar-refractivity contribution in [3.05, 3.63) is 60.2 Å². The molecule has 3 aromatic rings. The van der Waals surface area contributed by atoms with E-state index < -0.39 is 11.7 Å². The Kier molecular flexibility index (Phi) is 4.01. The number of nitrogens with zero attached hydrogens (tertiary/aromatic N) is 3. The molecule has 0 bridgehead atoms. The summed E-state index contributed by atoms with van der Waals surface area (Å²) in [6.07, 6.45) is 1.04. The molecule has 4 nitrogen and oxygen atoms in total. The van der Waals surface area contributed by atoms with Gasteiger partial charge in [-0.15, -0.1) is 0 Å². The number of alkyl halides is 3. The van der Waals surface area contributed by atoms with E-state index in [1.165, 1.54) is 12.4 Å². The van der Waals surface area contributed by atoms with Crippen molar-refractivity contribution in [3.63, 3.8) is 0 Å². The predicted octanol–water partition coefficient (Wildman–Crippen LogP) is 4.10. The number of nitrogen functional groups attached to an aromatic ring is 1. The Morgan fingerprint density at radius 2 is 1.92 bits per heavy atom. The zero-order chi connectivity index (χ0) is 17.3. The molecular formula is C17H15F3N4. The summed E-state index contributed by atoms with van der Waals surface area (Å²) >= 11 is 0. The lowest BCUT2D eigenvalue weighted by atomic mass is 10.1. The Balaban J connectivity index is 2.06. The highest BCUT2D eigenvalue weighted by Gasteiger charge is 2.31. The number of anilines is 1. The molecule has 2 aromatic heterocycles. The normalized spacial score (nSPS) is 11.7. The molecule has 0 saturated carbocycles. The summed E-state index contributed by atoms with van der Waals surface area (Å²) in [4.78, 5) is 7.96. The second kappa shape index (κ2) is 5.99. The van der Waals surface area contributed by atoms with Crippen LogP contribution in [-0.2, 0) is 12.6 Å². The molecule has 7 heteroatoms. The third kappa shape index (κ3) is 3.10. The summed E-state index contributed by atoms with van der Waals surface area (Å²) < 4.78 is 40.6. The van der Waals surface area contributed by atoms with Crippen LogP contribution in [0.15, 0.2) is 49.1 Å². The van der Waals surface area contributed by atoms with Gasteiger partial charge in [-0.2, -0.15) is 13.2 Å². The smallest absolute Gasteiger partial charge is 0.384 e. The van der Waals surface area contributed by atoms with Gasteiger partial charge in [-0.3, -0.25) is 0 Å². The average Bonchev–Trinajstić information content (AvgIpc) is 3.03. The van der Waals surface area contributed by atoms with Gasteiger partial charge >= 0.3 is 6.18 Å². The van der Waals surface area contributed by atoms with E-state index in [-0.39, 0.29) is 0 Å². The van der Waals surface area contributed by atoms with Crippen molar-refractivity contribution in [3.8, 4) is 16.9 Å². The minimum atomic E-state index is -4.38. The average molecular weight is 332 g/mol. The van der Waals surface area contributed by atoms with Crippen molar-refractivity contribution < 1.29 is 13.2 Å². The van der Waals surface area contributed by atoms with Crippen molar-refractivity contribution in [2.24, 2.45) is 0 Å². The summed E-state index contributed by atoms with van der Waals surface area (Å²) in [5.41, 5.74) is 7.67. The summed E-state index contributed by atoms with van der Waals surface area (Å²) in [6.45, 7) is 1.90. The molecule has 0 amide bonds. The molecule has 3 rings (SSSR count). The highest BCUT2D eigenvalue weighted by Crippen LogP contribution is 2.32. The maximum Gasteiger partial charge on any atom is 0.416 e. The topological polar surface area (TPSA) is 56.7 Å². The van der Waals surface area contributed by atoms with E-state index in [0.29, 0.717) is 23.6 Å². The van der Waals surface area contributed by atoms with Crippen molar-refractivity contribution in [1.82, 2.24) is 14.5 Å². The standard InChI is InChI=1S/C17H15F3N4/c1-2-11-3-4-13(17(18,19)20)7-15(11)24-6-5-12(9-24)14-8-16(21)23-10-22-14/h3-10H,2H2,1H3,(H2,21,22,23). The van der Waals surface area contributed by atoms with E-state index in [4.69, 9.17) is 5.73 Å². The van der Waals surface area contributed by atoms with Gasteiger partial charge in [-0.05, 0) is 30.2 Å². The van der Waals surface area contributed by atoms with Crippen LogP contribution in [0.1, 0.15) is 18.1 Å². The molecule has 0 fully saturated rings. The molecule has 0 aliphatic rings. The summed E-state index contributed by atoms with van der Waals surface area (Å²) in [7, 11) is 0. The van der Waals surface area contributed by atoms with Crippen LogP contribution in [0.5, 0.6) is 0 Å². The third-order valence-electron chi connectivity index (χ3n) is 3.75. The summed E-state index contributed by atoms with van der Waals surface area (Å²) in [5.74, 6) is 0.334. The number of nitrogens with two attached hydrogens (primary N) is 1. The van der Waals surface area contributed by atoms with Crippen LogP contribution in [0.3, 0.4) is 0 Å². The lowest BCUT2D eigenvalue weighted by Crippen LogP contribution is -2.07. The molecule has 0 radical (unpaired) electrons. The van der Waals surface area contributed by atoms with Gasteiger partial charge in [0.25, 0.3) is 0 Å². The molecule has 0 aliphatic heterocycles. The van der Waals surface area contributed by atoms with Crippen LogP contribution in [0.2, 0.25) is 0 Å². The molecule has 0 spiro atoms. The fourth-order valence-corrected chi connectivity index (χ4v) is 2.51. The Hall–Kier alpha value is -2.83. The van der Waals surface area contributed by atoms with E-state index in [9.17, 15) is 13.2 Å². The van der Waals surface area contributed by atoms with Gasteiger partial charge in [0, 0.05) is 29.7 Å². The summed E-state index contributed by atoms with van der Waals surface area (Å²) in [5, 5.41) is 0. The molecule has 2 N–H and O–H groups in total. The van der Waals surface area contributed by atoms with Crippen molar-refractivity contribution in [2.75, 3.05) is 5.73 Å². The fraction of sp³-hybridized carbons (Fsp3) is 0.176. The highest BCUT2D eigenvalue weighted by atomic mass is 19.4. The van der Waals surface area contributed by atoms with Crippen molar-refractivity contribution in [2.45, 2.75) is 19.5 Å². The first-order chi connectivity index (χ1) is 11.4. The molecule has 0 saturated heterocycles. The number of aryl methyl sites for hydroxylation is 1. The van der Waals surface area contributed by atoms with Crippen molar-refractivity contribution in [1.29, 1.82) is 0 Å². The first-order valence-electron chi connectivity index (χ1n) is 7.35. The second-order valence-electron chi connectivity index (χ2n) is 5.33. The van der Waals surface area contributed by atoms with E-state index >= 15 is 0 Å². The van der Waals surface area contributed by atoms with Crippen molar-refractivity contribution >= 4 is 5.82 Å². The summed E-state index contributed by atoms with van der Waals surface area (Å²) in [6, 6.07) is 7.18. The van der Waals surface area contributed by atoms with E-state index in [2.05, 4.69) is 9.97 Å². The largest absolute Gasteiger partial charge is 0.416 e. The maximum atomic E-state index is 13.0. The monoisotopic (exact) mass is 332 g/mol. The fourth-order valence-electron chi connectivity index (χ4n) is 2.51. The first kappa shape index (κ1) is 16.0. The molecule has 24 heavy (non-hydrogen) atoms. The Morgan fingerprint density at radius 3 is 2.58 bits per heavy atom. The van der Waals surface area contributed by atoms with Gasteiger partial charge in [0.1, 0.15) is 12.1 Å². The lowest BCUT2D eigenvalue weighted by molar-refractivity contribution is -0.137. The van der Waals surface area contributed by atoms with Crippen LogP contribution in [-0.4, -0.2) is 14.5 Å². The minimum Gasteiger partial charge on any atom is -0.384 e. The zero-order valence-corrected chi connectivity index (χ0v) is 12.9. The van der Waals surface area contributed by atoms with E-state index in [0.717, 1.165) is 23.3 Å². The number of hydrogen-bond acceptors (Lipinski definition) is 3. The Morgan fingerprint density at radius 1 is 1.12 bits per heavy atom. The molecule has 124 valence electrons. The van der Waals surface area contributed by atoms with Gasteiger partial charge < -0.3 is 10.3 Å². The maximum absolute atomic E-state index is 13.0.